The van der Waals surface area contributed by atoms with Crippen LogP contribution >= 0.6 is 0 Å². The van der Waals surface area contributed by atoms with Crippen molar-refractivity contribution in [2.75, 3.05) is 0 Å². The van der Waals surface area contributed by atoms with Crippen LogP contribution in [0, 0.1) is 0 Å². The lowest BCUT2D eigenvalue weighted by Gasteiger charge is -2.15. The summed E-state index contributed by atoms with van der Waals surface area (Å²) in [5, 5.41) is 0. The smallest absolute Gasteiger partial charge is 0.0960 e. The minimum absolute atomic E-state index is 0.474. The Labute approximate surface area is 111 Å². The fourth-order valence-electron chi connectivity index (χ4n) is 2.05. The fraction of sp³-hybridized carbons (Fsp3) is 0.438. The van der Waals surface area contributed by atoms with Crippen LogP contribution in [0.4, 0.5) is 0 Å². The molecule has 0 aliphatic carbocycles. The van der Waals surface area contributed by atoms with Crippen LogP contribution in [0.3, 0.4) is 0 Å². The monoisotopic (exact) mass is 244 g/mol. The van der Waals surface area contributed by atoms with Crippen LogP contribution in [0.25, 0.3) is 12.2 Å². The summed E-state index contributed by atoms with van der Waals surface area (Å²) in [6.45, 7) is 12.0. The van der Waals surface area contributed by atoms with E-state index in [0.717, 1.165) is 11.4 Å². The van der Waals surface area contributed by atoms with Gasteiger partial charge in [-0.15, -0.1) is 0 Å². The Hall–Kier alpha value is -1.57. The zero-order valence-corrected chi connectivity index (χ0v) is 11.6. The molecule has 0 aliphatic rings. The number of nitrogens with zero attached hydrogens (tertiary/aromatic N) is 2. The summed E-state index contributed by atoms with van der Waals surface area (Å²) in [6, 6.07) is 0.474. The molecular formula is C16H24N2. The maximum absolute atomic E-state index is 4.40. The molecule has 1 rings (SSSR count). The van der Waals surface area contributed by atoms with Gasteiger partial charge in [0.1, 0.15) is 0 Å². The van der Waals surface area contributed by atoms with Gasteiger partial charge in [0.2, 0.25) is 0 Å². The summed E-state index contributed by atoms with van der Waals surface area (Å²) in [6.07, 6.45) is 14.5. The first kappa shape index (κ1) is 14.5. The lowest BCUT2D eigenvalue weighted by atomic mass is 10.1. The Morgan fingerprint density at radius 3 is 2.78 bits per heavy atom. The summed E-state index contributed by atoms with van der Waals surface area (Å²) in [5.41, 5.74) is 2.06. The highest BCUT2D eigenvalue weighted by Gasteiger charge is 2.11. The molecule has 0 radical (unpaired) electrons. The van der Waals surface area contributed by atoms with E-state index in [1.807, 2.05) is 18.5 Å². The molecule has 0 aliphatic heterocycles. The largest absolute Gasteiger partial charge is 0.328 e. The van der Waals surface area contributed by atoms with Crippen molar-refractivity contribution in [3.63, 3.8) is 0 Å². The zero-order chi connectivity index (χ0) is 13.4. The molecule has 1 aromatic heterocycles. The average molecular weight is 244 g/mol. The van der Waals surface area contributed by atoms with Crippen LogP contribution in [0.5, 0.6) is 0 Å². The number of hydrogen-bond acceptors (Lipinski definition) is 1. The van der Waals surface area contributed by atoms with Crippen LogP contribution in [0.15, 0.2) is 31.6 Å². The summed E-state index contributed by atoms with van der Waals surface area (Å²) in [5.74, 6) is 0. The van der Waals surface area contributed by atoms with Gasteiger partial charge in [-0.2, -0.15) is 0 Å². The standard InChI is InChI=1S/C16H24N2/c1-5-8-10-11-14(4)18-13-17-15(7-3)16(18)12-9-6-2/h6-7,9,12-14H,2-3,5,8,10-11H2,1,4H3/b12-9-. The molecule has 1 heterocycles. The highest BCUT2D eigenvalue weighted by molar-refractivity contribution is 5.59. The second-order valence-electron chi connectivity index (χ2n) is 4.57. The van der Waals surface area contributed by atoms with E-state index in [4.69, 9.17) is 0 Å². The van der Waals surface area contributed by atoms with Crippen molar-refractivity contribution in [1.82, 2.24) is 9.55 Å². The second kappa shape index (κ2) is 7.70. The van der Waals surface area contributed by atoms with Crippen molar-refractivity contribution in [3.05, 3.63) is 43.0 Å². The van der Waals surface area contributed by atoms with E-state index in [-0.39, 0.29) is 0 Å². The van der Waals surface area contributed by atoms with Gasteiger partial charge in [-0.3, -0.25) is 0 Å². The van der Waals surface area contributed by atoms with Gasteiger partial charge in [-0.05, 0) is 25.5 Å². The molecule has 2 heteroatoms. The van der Waals surface area contributed by atoms with Crippen LogP contribution in [0.2, 0.25) is 0 Å². The molecule has 98 valence electrons. The van der Waals surface area contributed by atoms with Crippen LogP contribution in [-0.2, 0) is 0 Å². The third kappa shape index (κ3) is 3.73. The molecule has 1 atom stereocenters. The second-order valence-corrected chi connectivity index (χ2v) is 4.57. The molecule has 0 saturated carbocycles. The molecule has 2 nitrogen and oxygen atoms in total. The van der Waals surface area contributed by atoms with Crippen molar-refractivity contribution in [1.29, 1.82) is 0 Å². The van der Waals surface area contributed by atoms with E-state index in [0.29, 0.717) is 6.04 Å². The van der Waals surface area contributed by atoms with Gasteiger partial charge in [-0.25, -0.2) is 4.98 Å². The van der Waals surface area contributed by atoms with Crippen molar-refractivity contribution in [2.45, 2.75) is 45.6 Å². The molecule has 0 fully saturated rings. The molecule has 0 spiro atoms. The highest BCUT2D eigenvalue weighted by Crippen LogP contribution is 2.21. The zero-order valence-electron chi connectivity index (χ0n) is 11.6. The number of rotatable bonds is 8. The van der Waals surface area contributed by atoms with Crippen molar-refractivity contribution >= 4 is 12.2 Å². The number of allylic oxidation sites excluding steroid dienone is 2. The van der Waals surface area contributed by atoms with E-state index in [9.17, 15) is 0 Å². The summed E-state index contributed by atoms with van der Waals surface area (Å²) in [4.78, 5) is 4.40. The molecule has 1 unspecified atom stereocenters. The quantitative estimate of drug-likeness (QED) is 0.471. The molecule has 0 saturated heterocycles. The predicted octanol–water partition coefficient (Wildman–Crippen LogP) is 4.87. The first-order valence-electron chi connectivity index (χ1n) is 6.73. The molecule has 0 amide bonds. The van der Waals surface area contributed by atoms with E-state index in [2.05, 4.69) is 36.6 Å². The van der Waals surface area contributed by atoms with Gasteiger partial charge in [-0.1, -0.05) is 51.5 Å². The van der Waals surface area contributed by atoms with Gasteiger partial charge in [0, 0.05) is 6.04 Å². The van der Waals surface area contributed by atoms with Gasteiger partial charge in [0.05, 0.1) is 17.7 Å². The lowest BCUT2D eigenvalue weighted by Crippen LogP contribution is -2.06. The molecular weight excluding hydrogens is 220 g/mol. The Morgan fingerprint density at radius 2 is 2.17 bits per heavy atom. The first-order valence-corrected chi connectivity index (χ1v) is 6.73. The number of imidazole rings is 1. The van der Waals surface area contributed by atoms with E-state index in [1.54, 1.807) is 12.2 Å². The highest BCUT2D eigenvalue weighted by atomic mass is 15.1. The fourth-order valence-corrected chi connectivity index (χ4v) is 2.05. The first-order chi connectivity index (χ1) is 8.74. The van der Waals surface area contributed by atoms with Crippen molar-refractivity contribution in [2.24, 2.45) is 0 Å². The van der Waals surface area contributed by atoms with Crippen LogP contribution in [-0.4, -0.2) is 9.55 Å². The Kier molecular flexibility index (Phi) is 6.20. The maximum Gasteiger partial charge on any atom is 0.0960 e. The topological polar surface area (TPSA) is 17.8 Å². The average Bonchev–Trinajstić information content (AvgIpc) is 2.79. The maximum atomic E-state index is 4.40. The van der Waals surface area contributed by atoms with E-state index >= 15 is 0 Å². The lowest BCUT2D eigenvalue weighted by molar-refractivity contribution is 0.474. The summed E-state index contributed by atoms with van der Waals surface area (Å²) in [7, 11) is 0. The Morgan fingerprint density at radius 1 is 1.39 bits per heavy atom. The molecule has 18 heavy (non-hydrogen) atoms. The number of aromatic nitrogens is 2. The minimum Gasteiger partial charge on any atom is -0.328 e. The van der Waals surface area contributed by atoms with Crippen LogP contribution < -0.4 is 0 Å². The van der Waals surface area contributed by atoms with E-state index in [1.165, 1.54) is 25.7 Å². The predicted molar refractivity (Wildman–Crippen MR) is 80.4 cm³/mol. The van der Waals surface area contributed by atoms with Gasteiger partial charge < -0.3 is 4.57 Å². The number of unbranched alkanes of at least 4 members (excludes halogenated alkanes) is 2. The summed E-state index contributed by atoms with van der Waals surface area (Å²) < 4.78 is 2.23. The van der Waals surface area contributed by atoms with Gasteiger partial charge in [0.15, 0.2) is 0 Å². The third-order valence-corrected chi connectivity index (χ3v) is 3.15. The molecule has 0 aromatic carbocycles. The van der Waals surface area contributed by atoms with Crippen LogP contribution in [0.1, 0.15) is 57.0 Å². The Balaban J connectivity index is 2.86. The van der Waals surface area contributed by atoms with E-state index < -0.39 is 0 Å². The molecule has 1 aromatic rings. The Bertz CT molecular complexity index is 413. The minimum atomic E-state index is 0.474. The third-order valence-electron chi connectivity index (χ3n) is 3.15. The van der Waals surface area contributed by atoms with Crippen molar-refractivity contribution in [3.8, 4) is 0 Å². The SMILES string of the molecule is C=C/C=C\c1c(C=C)ncn1C(C)CCCCC. The number of hydrogen-bond donors (Lipinski definition) is 0. The molecule has 0 bridgehead atoms. The van der Waals surface area contributed by atoms with Crippen molar-refractivity contribution < 1.29 is 0 Å². The van der Waals surface area contributed by atoms with Gasteiger partial charge in [0.25, 0.3) is 0 Å². The normalized spacial score (nSPS) is 12.8. The summed E-state index contributed by atoms with van der Waals surface area (Å²) >= 11 is 0. The molecule has 0 N–H and O–H groups in total. The van der Waals surface area contributed by atoms with Gasteiger partial charge >= 0.3 is 0 Å².